The summed E-state index contributed by atoms with van der Waals surface area (Å²) in [5.41, 5.74) is 0.327. The Morgan fingerprint density at radius 3 is 2.67 bits per heavy atom. The van der Waals surface area contributed by atoms with E-state index in [9.17, 15) is 22.2 Å². The smallest absolute Gasteiger partial charge is 0.387 e. The number of nitrogens with zero attached hydrogens (tertiary/aromatic N) is 1. The number of pyridine rings is 1. The van der Waals surface area contributed by atoms with E-state index in [1.54, 1.807) is 0 Å². The van der Waals surface area contributed by atoms with Crippen molar-refractivity contribution in [3.63, 3.8) is 0 Å². The number of carbonyl (C=O) groups excluding carboxylic acids is 1. The molecule has 0 bridgehead atoms. The first-order chi connectivity index (χ1) is 11.3. The molecule has 0 fully saturated rings. The van der Waals surface area contributed by atoms with Crippen LogP contribution in [-0.4, -0.2) is 28.0 Å². The van der Waals surface area contributed by atoms with E-state index in [-0.39, 0.29) is 27.5 Å². The molecule has 0 aliphatic heterocycles. The number of carbonyl (C=O) groups is 1. The van der Waals surface area contributed by atoms with E-state index < -0.39 is 29.5 Å². The van der Waals surface area contributed by atoms with E-state index in [1.807, 2.05) is 0 Å². The average Bonchev–Trinajstić information content (AvgIpc) is 2.49. The molecule has 0 aliphatic rings. The molecule has 1 N–H and O–H groups in total. The number of halogens is 4. The fourth-order valence-electron chi connectivity index (χ4n) is 1.85. The Hall–Kier alpha value is -2.13. The van der Waals surface area contributed by atoms with Gasteiger partial charge in [0, 0.05) is 29.1 Å². The summed E-state index contributed by atoms with van der Waals surface area (Å²) in [7, 11) is -1.62. The lowest BCUT2D eigenvalue weighted by atomic mass is 10.0. The van der Waals surface area contributed by atoms with Gasteiger partial charge >= 0.3 is 6.61 Å². The molecule has 0 saturated carbocycles. The molecule has 1 unspecified atom stereocenters. The molecular formula is C14H10ClF3N2O3S. The molecule has 1 atom stereocenters. The standard InChI is InChI=1S/C14H10ClF3N2O3S/c1-24(22)20-13(21)7-2-3-9(11(5-7)23-14(17)18)8-4-10(15)12(16)19-6-8/h2-6,14H,1H3,(H,20,21). The quantitative estimate of drug-likeness (QED) is 0.811. The average molecular weight is 379 g/mol. The van der Waals surface area contributed by atoms with Crippen LogP contribution in [0.15, 0.2) is 30.5 Å². The summed E-state index contributed by atoms with van der Waals surface area (Å²) in [6, 6.07) is 4.88. The van der Waals surface area contributed by atoms with Crippen LogP contribution in [0.5, 0.6) is 5.75 Å². The number of nitrogens with one attached hydrogen (secondary N) is 1. The van der Waals surface area contributed by atoms with Crippen LogP contribution in [0, 0.1) is 5.95 Å². The van der Waals surface area contributed by atoms with Crippen molar-refractivity contribution in [1.82, 2.24) is 9.71 Å². The first kappa shape index (κ1) is 18.2. The van der Waals surface area contributed by atoms with Gasteiger partial charge in [0.05, 0.1) is 5.02 Å². The molecule has 1 aromatic carbocycles. The monoisotopic (exact) mass is 378 g/mol. The fraction of sp³-hybridized carbons (Fsp3) is 0.143. The van der Waals surface area contributed by atoms with E-state index in [4.69, 9.17) is 11.6 Å². The molecule has 1 amide bonds. The Bertz CT molecular complexity index is 805. The van der Waals surface area contributed by atoms with Crippen LogP contribution < -0.4 is 9.46 Å². The Morgan fingerprint density at radius 2 is 2.08 bits per heavy atom. The predicted molar refractivity (Wildman–Crippen MR) is 82.8 cm³/mol. The zero-order valence-electron chi connectivity index (χ0n) is 12.1. The summed E-state index contributed by atoms with van der Waals surface area (Å²) in [4.78, 5) is 15.2. The molecule has 1 heterocycles. The third-order valence-corrected chi connectivity index (χ3v) is 3.54. The molecule has 0 spiro atoms. The fourth-order valence-corrected chi connectivity index (χ4v) is 2.40. The number of hydrogen-bond acceptors (Lipinski definition) is 4. The summed E-state index contributed by atoms with van der Waals surface area (Å²) in [6.45, 7) is -3.15. The number of hydrogen-bond donors (Lipinski definition) is 1. The highest BCUT2D eigenvalue weighted by atomic mass is 35.5. The molecule has 5 nitrogen and oxygen atoms in total. The van der Waals surface area contributed by atoms with Gasteiger partial charge in [0.2, 0.25) is 5.95 Å². The second-order valence-corrected chi connectivity index (χ2v) is 5.99. The Kier molecular flexibility index (Phi) is 5.79. The van der Waals surface area contributed by atoms with Crippen molar-refractivity contribution < 1.29 is 26.9 Å². The Balaban J connectivity index is 2.48. The van der Waals surface area contributed by atoms with Gasteiger partial charge in [-0.3, -0.25) is 9.52 Å². The van der Waals surface area contributed by atoms with Crippen molar-refractivity contribution >= 4 is 28.5 Å². The second kappa shape index (κ2) is 7.63. The SMILES string of the molecule is CS(=O)NC(=O)c1ccc(-c2cnc(F)c(Cl)c2)c(OC(F)F)c1. The molecule has 0 radical (unpaired) electrons. The molecular weight excluding hydrogens is 369 g/mol. The molecule has 0 saturated heterocycles. The minimum Gasteiger partial charge on any atom is -0.434 e. The topological polar surface area (TPSA) is 68.3 Å². The van der Waals surface area contributed by atoms with Crippen molar-refractivity contribution in [2.75, 3.05) is 6.26 Å². The van der Waals surface area contributed by atoms with Gasteiger partial charge in [-0.1, -0.05) is 11.6 Å². The predicted octanol–water partition coefficient (Wildman–Crippen LogP) is 3.17. The van der Waals surface area contributed by atoms with Gasteiger partial charge in [0.1, 0.15) is 16.7 Å². The van der Waals surface area contributed by atoms with Crippen LogP contribution in [0.2, 0.25) is 5.02 Å². The summed E-state index contributed by atoms with van der Waals surface area (Å²) in [5.74, 6) is -1.96. The number of alkyl halides is 2. The minimum absolute atomic E-state index is 0.0363. The Labute approximate surface area is 142 Å². The lowest BCUT2D eigenvalue weighted by Crippen LogP contribution is -2.24. The van der Waals surface area contributed by atoms with E-state index in [1.165, 1.54) is 24.5 Å². The third-order valence-electron chi connectivity index (χ3n) is 2.80. The lowest BCUT2D eigenvalue weighted by molar-refractivity contribution is -0.0494. The number of benzene rings is 1. The molecule has 128 valence electrons. The van der Waals surface area contributed by atoms with Gasteiger partial charge in [-0.05, 0) is 24.3 Å². The van der Waals surface area contributed by atoms with Gasteiger partial charge in [0.15, 0.2) is 0 Å². The first-order valence-electron chi connectivity index (χ1n) is 6.32. The summed E-state index contributed by atoms with van der Waals surface area (Å²) in [6.07, 6.45) is 2.34. The second-order valence-electron chi connectivity index (χ2n) is 4.47. The molecule has 24 heavy (non-hydrogen) atoms. The van der Waals surface area contributed by atoms with Gasteiger partial charge in [-0.15, -0.1) is 0 Å². The Morgan fingerprint density at radius 1 is 1.38 bits per heavy atom. The molecule has 2 rings (SSSR count). The van der Waals surface area contributed by atoms with Crippen LogP contribution in [0.3, 0.4) is 0 Å². The first-order valence-corrected chi connectivity index (χ1v) is 8.26. The molecule has 1 aromatic heterocycles. The van der Waals surface area contributed by atoms with Crippen molar-refractivity contribution in [2.45, 2.75) is 6.61 Å². The van der Waals surface area contributed by atoms with E-state index in [2.05, 4.69) is 14.4 Å². The number of ether oxygens (including phenoxy) is 1. The van der Waals surface area contributed by atoms with Crippen LogP contribution in [0.1, 0.15) is 10.4 Å². The van der Waals surface area contributed by atoms with Crippen LogP contribution in [0.25, 0.3) is 11.1 Å². The summed E-state index contributed by atoms with van der Waals surface area (Å²) >= 11 is 5.64. The molecule has 10 heteroatoms. The van der Waals surface area contributed by atoms with E-state index in [0.717, 1.165) is 12.3 Å². The maximum absolute atomic E-state index is 13.1. The van der Waals surface area contributed by atoms with Gasteiger partial charge in [0.25, 0.3) is 5.91 Å². The van der Waals surface area contributed by atoms with Gasteiger partial charge in [-0.2, -0.15) is 13.2 Å². The zero-order chi connectivity index (χ0) is 17.9. The van der Waals surface area contributed by atoms with Crippen molar-refractivity contribution in [2.24, 2.45) is 0 Å². The lowest BCUT2D eigenvalue weighted by Gasteiger charge is -2.13. The highest BCUT2D eigenvalue weighted by Gasteiger charge is 2.17. The van der Waals surface area contributed by atoms with Crippen LogP contribution in [-0.2, 0) is 11.0 Å². The van der Waals surface area contributed by atoms with Crippen molar-refractivity contribution in [1.29, 1.82) is 0 Å². The number of rotatable bonds is 5. The minimum atomic E-state index is -3.15. The summed E-state index contributed by atoms with van der Waals surface area (Å²) in [5, 5.41) is -0.293. The van der Waals surface area contributed by atoms with Crippen molar-refractivity contribution in [3.05, 3.63) is 47.0 Å². The number of aromatic nitrogens is 1. The van der Waals surface area contributed by atoms with Gasteiger partial charge in [-0.25, -0.2) is 9.19 Å². The van der Waals surface area contributed by atoms with Crippen LogP contribution >= 0.6 is 11.6 Å². The van der Waals surface area contributed by atoms with Crippen molar-refractivity contribution in [3.8, 4) is 16.9 Å². The normalized spacial score (nSPS) is 12.1. The zero-order valence-corrected chi connectivity index (χ0v) is 13.6. The molecule has 0 aliphatic carbocycles. The van der Waals surface area contributed by atoms with E-state index >= 15 is 0 Å². The largest absolute Gasteiger partial charge is 0.434 e. The van der Waals surface area contributed by atoms with E-state index in [0.29, 0.717) is 0 Å². The summed E-state index contributed by atoms with van der Waals surface area (Å²) < 4.78 is 56.0. The highest BCUT2D eigenvalue weighted by molar-refractivity contribution is 7.82. The molecule has 2 aromatic rings. The van der Waals surface area contributed by atoms with Gasteiger partial charge < -0.3 is 4.74 Å². The third kappa shape index (κ3) is 4.45. The maximum Gasteiger partial charge on any atom is 0.387 e. The highest BCUT2D eigenvalue weighted by Crippen LogP contribution is 2.33. The number of amides is 1. The maximum atomic E-state index is 13.1. The van der Waals surface area contributed by atoms with Crippen LogP contribution in [0.4, 0.5) is 13.2 Å².